The third-order valence-electron chi connectivity index (χ3n) is 3.94. The first-order chi connectivity index (χ1) is 7.83. The van der Waals surface area contributed by atoms with Crippen LogP contribution in [0.1, 0.15) is 37.7 Å². The molecule has 16 heavy (non-hydrogen) atoms. The van der Waals surface area contributed by atoms with Gasteiger partial charge in [-0.3, -0.25) is 0 Å². The van der Waals surface area contributed by atoms with E-state index in [0.29, 0.717) is 0 Å². The Labute approximate surface area is 97.3 Å². The van der Waals surface area contributed by atoms with Gasteiger partial charge in [-0.05, 0) is 41.0 Å². The lowest BCUT2D eigenvalue weighted by Gasteiger charge is -2.11. The zero-order valence-corrected chi connectivity index (χ0v) is 9.82. The largest absolute Gasteiger partial charge is 0.0625 e. The van der Waals surface area contributed by atoms with Crippen LogP contribution in [0, 0.1) is 5.92 Å². The van der Waals surface area contributed by atoms with Gasteiger partial charge in [-0.1, -0.05) is 55.8 Å². The molecule has 0 heterocycles. The van der Waals surface area contributed by atoms with Crippen molar-refractivity contribution in [2.24, 2.45) is 5.92 Å². The SMILES string of the molecule is CC1CCC(c2ccc3ccccc3c2)C1. The lowest BCUT2D eigenvalue weighted by atomic mass is 9.94. The highest BCUT2D eigenvalue weighted by atomic mass is 14.3. The van der Waals surface area contributed by atoms with Gasteiger partial charge >= 0.3 is 0 Å². The summed E-state index contributed by atoms with van der Waals surface area (Å²) in [6.07, 6.45) is 4.15. The molecule has 1 fully saturated rings. The van der Waals surface area contributed by atoms with Crippen molar-refractivity contribution in [3.63, 3.8) is 0 Å². The molecule has 0 saturated heterocycles. The quantitative estimate of drug-likeness (QED) is 0.637. The molecule has 0 heteroatoms. The number of fused-ring (bicyclic) bond motifs is 1. The minimum absolute atomic E-state index is 0.805. The van der Waals surface area contributed by atoms with Crippen LogP contribution in [0.3, 0.4) is 0 Å². The molecule has 2 atom stereocenters. The van der Waals surface area contributed by atoms with Crippen molar-refractivity contribution < 1.29 is 0 Å². The third kappa shape index (κ3) is 1.73. The third-order valence-corrected chi connectivity index (χ3v) is 3.94. The highest BCUT2D eigenvalue weighted by Gasteiger charge is 2.22. The van der Waals surface area contributed by atoms with Crippen molar-refractivity contribution in [2.75, 3.05) is 0 Å². The predicted molar refractivity (Wildman–Crippen MR) is 69.7 cm³/mol. The Morgan fingerprint density at radius 3 is 2.50 bits per heavy atom. The second-order valence-electron chi connectivity index (χ2n) is 5.22. The minimum Gasteiger partial charge on any atom is -0.0625 e. The molecule has 1 aliphatic carbocycles. The lowest BCUT2D eigenvalue weighted by Crippen LogP contribution is -1.93. The Morgan fingerprint density at radius 2 is 1.75 bits per heavy atom. The van der Waals surface area contributed by atoms with Gasteiger partial charge in [-0.2, -0.15) is 0 Å². The van der Waals surface area contributed by atoms with Crippen molar-refractivity contribution in [2.45, 2.75) is 32.1 Å². The van der Waals surface area contributed by atoms with Gasteiger partial charge in [0.25, 0.3) is 0 Å². The Hall–Kier alpha value is -1.30. The molecule has 0 amide bonds. The molecule has 0 bridgehead atoms. The summed E-state index contributed by atoms with van der Waals surface area (Å²) in [5.41, 5.74) is 1.54. The van der Waals surface area contributed by atoms with Gasteiger partial charge in [0.15, 0.2) is 0 Å². The van der Waals surface area contributed by atoms with E-state index in [0.717, 1.165) is 11.8 Å². The zero-order chi connectivity index (χ0) is 11.0. The van der Waals surface area contributed by atoms with E-state index in [-0.39, 0.29) is 0 Å². The molecule has 0 aliphatic heterocycles. The summed E-state index contributed by atoms with van der Waals surface area (Å²) in [6, 6.07) is 15.6. The van der Waals surface area contributed by atoms with Crippen LogP contribution in [0.4, 0.5) is 0 Å². The van der Waals surface area contributed by atoms with Crippen molar-refractivity contribution in [3.8, 4) is 0 Å². The number of hydrogen-bond acceptors (Lipinski definition) is 0. The van der Waals surface area contributed by atoms with Gasteiger partial charge in [0.1, 0.15) is 0 Å². The zero-order valence-electron chi connectivity index (χ0n) is 9.82. The smallest absolute Gasteiger partial charge is 0.0159 e. The first-order valence-corrected chi connectivity index (χ1v) is 6.31. The molecule has 0 radical (unpaired) electrons. The molecule has 0 spiro atoms. The summed E-state index contributed by atoms with van der Waals surface area (Å²) in [7, 11) is 0. The van der Waals surface area contributed by atoms with Crippen LogP contribution in [0.2, 0.25) is 0 Å². The molecular formula is C16H18. The summed E-state index contributed by atoms with van der Waals surface area (Å²) in [5.74, 6) is 1.72. The maximum absolute atomic E-state index is 2.39. The van der Waals surface area contributed by atoms with Crippen LogP contribution in [-0.4, -0.2) is 0 Å². The fourth-order valence-electron chi connectivity index (χ4n) is 2.97. The molecule has 2 aromatic carbocycles. The normalized spacial score (nSPS) is 25.1. The van der Waals surface area contributed by atoms with Gasteiger partial charge in [0, 0.05) is 0 Å². The molecule has 0 nitrogen and oxygen atoms in total. The topological polar surface area (TPSA) is 0 Å². The summed E-state index contributed by atoms with van der Waals surface area (Å²) in [4.78, 5) is 0. The fourth-order valence-corrected chi connectivity index (χ4v) is 2.97. The average Bonchev–Trinajstić information content (AvgIpc) is 2.75. The maximum atomic E-state index is 2.39. The minimum atomic E-state index is 0.805. The first-order valence-electron chi connectivity index (χ1n) is 6.31. The summed E-state index contributed by atoms with van der Waals surface area (Å²) >= 11 is 0. The van der Waals surface area contributed by atoms with E-state index >= 15 is 0 Å². The van der Waals surface area contributed by atoms with E-state index in [2.05, 4.69) is 49.4 Å². The highest BCUT2D eigenvalue weighted by molar-refractivity contribution is 5.83. The Kier molecular flexibility index (Phi) is 2.43. The van der Waals surface area contributed by atoms with Crippen molar-refractivity contribution >= 4 is 10.8 Å². The standard InChI is InChI=1S/C16H18/c1-12-6-7-15(10-12)16-9-8-13-4-2-3-5-14(13)11-16/h2-5,8-9,11-12,15H,6-7,10H2,1H3. The van der Waals surface area contributed by atoms with E-state index in [1.807, 2.05) is 0 Å². The number of rotatable bonds is 1. The fraction of sp³-hybridized carbons (Fsp3) is 0.375. The van der Waals surface area contributed by atoms with Crippen LogP contribution in [0.25, 0.3) is 10.8 Å². The second kappa shape index (κ2) is 3.93. The van der Waals surface area contributed by atoms with Crippen molar-refractivity contribution in [1.82, 2.24) is 0 Å². The molecule has 3 rings (SSSR count). The molecule has 82 valence electrons. The molecule has 0 N–H and O–H groups in total. The van der Waals surface area contributed by atoms with E-state index in [9.17, 15) is 0 Å². The molecule has 2 unspecified atom stereocenters. The van der Waals surface area contributed by atoms with Crippen LogP contribution in [0.15, 0.2) is 42.5 Å². The molecule has 2 aromatic rings. The molecule has 1 aliphatic rings. The first kappa shape index (κ1) is 9.89. The number of benzene rings is 2. The average molecular weight is 210 g/mol. The van der Waals surface area contributed by atoms with E-state index in [1.165, 1.54) is 30.0 Å². The van der Waals surface area contributed by atoms with Crippen LogP contribution < -0.4 is 0 Å². The van der Waals surface area contributed by atoms with Crippen LogP contribution in [-0.2, 0) is 0 Å². The number of hydrogen-bond donors (Lipinski definition) is 0. The monoisotopic (exact) mass is 210 g/mol. The van der Waals surface area contributed by atoms with Crippen molar-refractivity contribution in [1.29, 1.82) is 0 Å². The maximum Gasteiger partial charge on any atom is -0.0159 e. The Morgan fingerprint density at radius 1 is 0.938 bits per heavy atom. The molecular weight excluding hydrogens is 192 g/mol. The van der Waals surface area contributed by atoms with Crippen LogP contribution >= 0.6 is 0 Å². The van der Waals surface area contributed by atoms with Gasteiger partial charge < -0.3 is 0 Å². The Bertz CT molecular complexity index is 498. The summed E-state index contributed by atoms with van der Waals surface area (Å²) in [5, 5.41) is 2.75. The summed E-state index contributed by atoms with van der Waals surface area (Å²) in [6.45, 7) is 2.38. The van der Waals surface area contributed by atoms with E-state index in [4.69, 9.17) is 0 Å². The van der Waals surface area contributed by atoms with Gasteiger partial charge in [-0.25, -0.2) is 0 Å². The molecule has 0 aromatic heterocycles. The van der Waals surface area contributed by atoms with Gasteiger partial charge in [-0.15, -0.1) is 0 Å². The highest BCUT2D eigenvalue weighted by Crippen LogP contribution is 2.38. The van der Waals surface area contributed by atoms with Crippen molar-refractivity contribution in [3.05, 3.63) is 48.0 Å². The van der Waals surface area contributed by atoms with E-state index < -0.39 is 0 Å². The molecule has 1 saturated carbocycles. The second-order valence-corrected chi connectivity index (χ2v) is 5.22. The van der Waals surface area contributed by atoms with Gasteiger partial charge in [0.2, 0.25) is 0 Å². The van der Waals surface area contributed by atoms with Crippen LogP contribution in [0.5, 0.6) is 0 Å². The van der Waals surface area contributed by atoms with Gasteiger partial charge in [0.05, 0.1) is 0 Å². The summed E-state index contributed by atoms with van der Waals surface area (Å²) < 4.78 is 0. The Balaban J connectivity index is 1.99. The van der Waals surface area contributed by atoms with E-state index in [1.54, 1.807) is 5.56 Å². The predicted octanol–water partition coefficient (Wildman–Crippen LogP) is 4.74. The lowest BCUT2D eigenvalue weighted by molar-refractivity contribution is 0.596.